The van der Waals surface area contributed by atoms with Gasteiger partial charge in [-0.15, -0.1) is 0 Å². The van der Waals surface area contributed by atoms with Gasteiger partial charge in [0.15, 0.2) is 0 Å². The molecule has 2 N–H and O–H groups in total. The van der Waals surface area contributed by atoms with Crippen molar-refractivity contribution in [1.29, 1.82) is 0 Å². The normalized spacial score (nSPS) is 17.2. The van der Waals surface area contributed by atoms with E-state index in [4.69, 9.17) is 0 Å². The Hall–Kier alpha value is -5.86. The summed E-state index contributed by atoms with van der Waals surface area (Å²) in [5.41, 5.74) is 11.9. The molecule has 1 unspecified atom stereocenters. The predicted octanol–water partition coefficient (Wildman–Crippen LogP) is 10.8. The molecular weight excluding hydrogens is 556 g/mol. The van der Waals surface area contributed by atoms with Gasteiger partial charge in [0.2, 0.25) is 0 Å². The SMILES string of the molecule is C=C/C=C\C=C/C1(c2ccccc2)c2ccccc2Nc2cc3c(cc21)Nc1ccccc1C3(c1ccccc1)c1ccccc1. The van der Waals surface area contributed by atoms with E-state index in [-0.39, 0.29) is 0 Å². The first-order chi connectivity index (χ1) is 22.8. The second kappa shape index (κ2) is 11.3. The summed E-state index contributed by atoms with van der Waals surface area (Å²) in [4.78, 5) is 0. The summed E-state index contributed by atoms with van der Waals surface area (Å²) in [5.74, 6) is 0. The maximum Gasteiger partial charge on any atom is 0.0742 e. The first kappa shape index (κ1) is 27.7. The molecule has 0 saturated carbocycles. The fourth-order valence-electron chi connectivity index (χ4n) is 7.67. The number of hydrogen-bond donors (Lipinski definition) is 2. The van der Waals surface area contributed by atoms with Gasteiger partial charge in [0.05, 0.1) is 10.8 Å². The number of rotatable bonds is 6. The highest BCUT2D eigenvalue weighted by Crippen LogP contribution is 2.58. The van der Waals surface area contributed by atoms with Crippen molar-refractivity contribution in [3.05, 3.63) is 228 Å². The molecule has 0 spiro atoms. The van der Waals surface area contributed by atoms with E-state index in [2.05, 4.69) is 187 Å². The molecular formula is C44H34N2. The van der Waals surface area contributed by atoms with Crippen LogP contribution in [0.2, 0.25) is 0 Å². The number of nitrogens with one attached hydrogen (secondary N) is 2. The Morgan fingerprint density at radius 2 is 0.891 bits per heavy atom. The van der Waals surface area contributed by atoms with Crippen LogP contribution in [-0.4, -0.2) is 0 Å². The Kier molecular flexibility index (Phi) is 6.77. The van der Waals surface area contributed by atoms with Crippen molar-refractivity contribution in [2.24, 2.45) is 0 Å². The van der Waals surface area contributed by atoms with Crippen molar-refractivity contribution in [2.75, 3.05) is 10.6 Å². The molecule has 2 aliphatic rings. The molecule has 2 aliphatic heterocycles. The first-order valence-corrected chi connectivity index (χ1v) is 15.8. The quantitative estimate of drug-likeness (QED) is 0.188. The molecule has 0 amide bonds. The third-order valence-electron chi connectivity index (χ3n) is 9.56. The van der Waals surface area contributed by atoms with Gasteiger partial charge >= 0.3 is 0 Å². The van der Waals surface area contributed by atoms with E-state index in [0.29, 0.717) is 0 Å². The van der Waals surface area contributed by atoms with Gasteiger partial charge in [-0.3, -0.25) is 0 Å². The molecule has 0 saturated heterocycles. The number of benzene rings is 6. The zero-order chi connectivity index (χ0) is 31.0. The van der Waals surface area contributed by atoms with Gasteiger partial charge in [-0.1, -0.05) is 164 Å². The molecule has 2 heteroatoms. The lowest BCUT2D eigenvalue weighted by Gasteiger charge is -2.45. The topological polar surface area (TPSA) is 24.1 Å². The Bertz CT molecular complexity index is 2070. The fraction of sp³-hybridized carbons (Fsp3) is 0.0455. The summed E-state index contributed by atoms with van der Waals surface area (Å²) in [6, 6.07) is 55.0. The lowest BCUT2D eigenvalue weighted by atomic mass is 9.61. The smallest absolute Gasteiger partial charge is 0.0742 e. The molecule has 46 heavy (non-hydrogen) atoms. The van der Waals surface area contributed by atoms with E-state index in [1.54, 1.807) is 0 Å². The monoisotopic (exact) mass is 590 g/mol. The van der Waals surface area contributed by atoms with E-state index in [1.165, 1.54) is 38.9 Å². The molecule has 6 aromatic rings. The van der Waals surface area contributed by atoms with E-state index in [0.717, 1.165) is 22.7 Å². The lowest BCUT2D eigenvalue weighted by Crippen LogP contribution is -2.37. The third kappa shape index (κ3) is 4.11. The number of para-hydroxylation sites is 2. The van der Waals surface area contributed by atoms with Gasteiger partial charge in [-0.2, -0.15) is 0 Å². The Labute approximate surface area is 271 Å². The fourth-order valence-corrected chi connectivity index (χ4v) is 7.67. The summed E-state index contributed by atoms with van der Waals surface area (Å²) in [6.07, 6.45) is 10.3. The lowest BCUT2D eigenvalue weighted by molar-refractivity contribution is 0.732. The van der Waals surface area contributed by atoms with Gasteiger partial charge in [0.25, 0.3) is 0 Å². The van der Waals surface area contributed by atoms with Gasteiger partial charge in [-0.25, -0.2) is 0 Å². The highest BCUT2D eigenvalue weighted by molar-refractivity contribution is 5.89. The number of anilines is 4. The third-order valence-corrected chi connectivity index (χ3v) is 9.56. The van der Waals surface area contributed by atoms with Crippen molar-refractivity contribution in [2.45, 2.75) is 10.8 Å². The minimum Gasteiger partial charge on any atom is -0.355 e. The predicted molar refractivity (Wildman–Crippen MR) is 193 cm³/mol. The van der Waals surface area contributed by atoms with Crippen LogP contribution in [0.15, 0.2) is 189 Å². The number of fused-ring (bicyclic) bond motifs is 4. The van der Waals surface area contributed by atoms with Crippen LogP contribution in [-0.2, 0) is 10.8 Å². The van der Waals surface area contributed by atoms with Crippen molar-refractivity contribution in [3.8, 4) is 0 Å². The van der Waals surface area contributed by atoms with Crippen LogP contribution in [0, 0.1) is 0 Å². The second-order valence-corrected chi connectivity index (χ2v) is 11.9. The van der Waals surface area contributed by atoms with E-state index in [1.807, 2.05) is 12.2 Å². The summed E-state index contributed by atoms with van der Waals surface area (Å²) >= 11 is 0. The molecule has 6 aromatic carbocycles. The van der Waals surface area contributed by atoms with E-state index in [9.17, 15) is 0 Å². The van der Waals surface area contributed by atoms with E-state index >= 15 is 0 Å². The Balaban J connectivity index is 1.49. The highest BCUT2D eigenvalue weighted by Gasteiger charge is 2.47. The summed E-state index contributed by atoms with van der Waals surface area (Å²) in [5, 5.41) is 7.78. The van der Waals surface area contributed by atoms with Crippen molar-refractivity contribution < 1.29 is 0 Å². The minimum atomic E-state index is -0.542. The molecule has 1 atom stereocenters. The molecule has 220 valence electrons. The van der Waals surface area contributed by atoms with E-state index < -0.39 is 10.8 Å². The van der Waals surface area contributed by atoms with Crippen molar-refractivity contribution in [1.82, 2.24) is 0 Å². The molecule has 2 nitrogen and oxygen atoms in total. The van der Waals surface area contributed by atoms with Gasteiger partial charge < -0.3 is 10.6 Å². The number of allylic oxidation sites excluding steroid dienone is 5. The zero-order valence-corrected chi connectivity index (χ0v) is 25.5. The molecule has 0 fully saturated rings. The largest absolute Gasteiger partial charge is 0.355 e. The summed E-state index contributed by atoms with van der Waals surface area (Å²) in [6.45, 7) is 3.88. The van der Waals surface area contributed by atoms with Gasteiger partial charge in [-0.05, 0) is 63.2 Å². The average Bonchev–Trinajstić information content (AvgIpc) is 3.12. The average molecular weight is 591 g/mol. The van der Waals surface area contributed by atoms with Crippen LogP contribution in [0.25, 0.3) is 0 Å². The van der Waals surface area contributed by atoms with Crippen molar-refractivity contribution >= 4 is 22.7 Å². The first-order valence-electron chi connectivity index (χ1n) is 15.8. The molecule has 2 heterocycles. The molecule has 8 rings (SSSR count). The maximum atomic E-state index is 3.90. The zero-order valence-electron chi connectivity index (χ0n) is 25.5. The van der Waals surface area contributed by atoms with Crippen LogP contribution < -0.4 is 10.6 Å². The Morgan fingerprint density at radius 3 is 1.50 bits per heavy atom. The van der Waals surface area contributed by atoms with Crippen LogP contribution in [0.5, 0.6) is 0 Å². The van der Waals surface area contributed by atoms with Crippen LogP contribution in [0.4, 0.5) is 22.7 Å². The summed E-state index contributed by atoms with van der Waals surface area (Å²) < 4.78 is 0. The van der Waals surface area contributed by atoms with Gasteiger partial charge in [0.1, 0.15) is 0 Å². The highest BCUT2D eigenvalue weighted by atomic mass is 14.9. The molecule has 0 aromatic heterocycles. The molecule has 0 bridgehead atoms. The standard InChI is InChI=1S/C44H34N2/c1-2-3-4-18-29-43(32-19-8-5-9-20-32)35-25-14-16-27-39(35)45-41-31-38-42(30-37(41)43)46-40-28-17-15-26-36(40)44(38,33-21-10-6-11-22-33)34-23-12-7-13-24-34/h2-31,45-46H,1H2/b4-3-,29-18-. The van der Waals surface area contributed by atoms with Crippen LogP contribution in [0.1, 0.15) is 38.9 Å². The van der Waals surface area contributed by atoms with Crippen molar-refractivity contribution in [3.63, 3.8) is 0 Å². The minimum absolute atomic E-state index is 0.536. The van der Waals surface area contributed by atoms with Gasteiger partial charge in [0, 0.05) is 22.7 Å². The maximum absolute atomic E-state index is 3.90. The number of hydrogen-bond acceptors (Lipinski definition) is 2. The second-order valence-electron chi connectivity index (χ2n) is 11.9. The Morgan fingerprint density at radius 1 is 0.413 bits per heavy atom. The molecule has 0 radical (unpaired) electrons. The van der Waals surface area contributed by atoms with Crippen LogP contribution in [0.3, 0.4) is 0 Å². The molecule has 0 aliphatic carbocycles. The van der Waals surface area contributed by atoms with Crippen LogP contribution >= 0.6 is 0 Å². The summed E-state index contributed by atoms with van der Waals surface area (Å²) in [7, 11) is 0.